The van der Waals surface area contributed by atoms with Crippen LogP contribution in [0.25, 0.3) is 0 Å². The maximum atomic E-state index is 5.25. The summed E-state index contributed by atoms with van der Waals surface area (Å²) in [6, 6.07) is 8.22. The Labute approximate surface area is 128 Å². The Morgan fingerprint density at radius 2 is 1.89 bits per heavy atom. The second kappa shape index (κ2) is 6.08. The van der Waals surface area contributed by atoms with Gasteiger partial charge >= 0.3 is 0 Å². The van der Waals surface area contributed by atoms with Crippen LogP contribution in [-0.2, 0) is 12.8 Å². The number of aryl methyl sites for hydroxylation is 1. The summed E-state index contributed by atoms with van der Waals surface area (Å²) in [5.74, 6) is 0.905. The molecule has 0 aliphatic carbocycles. The Balaban J connectivity index is 2.32. The van der Waals surface area contributed by atoms with Crippen molar-refractivity contribution in [3.8, 4) is 0 Å². The molecule has 0 saturated heterocycles. The van der Waals surface area contributed by atoms with Crippen molar-refractivity contribution in [1.82, 2.24) is 9.97 Å². The largest absolute Gasteiger partial charge is 0.346 e. The highest BCUT2D eigenvalue weighted by Crippen LogP contribution is 2.18. The van der Waals surface area contributed by atoms with E-state index < -0.39 is 0 Å². The molecule has 0 amide bonds. The van der Waals surface area contributed by atoms with Gasteiger partial charge in [-0.05, 0) is 40.0 Å². The van der Waals surface area contributed by atoms with E-state index >= 15 is 0 Å². The van der Waals surface area contributed by atoms with E-state index in [1.807, 2.05) is 12.1 Å². The van der Waals surface area contributed by atoms with Gasteiger partial charge in [0.05, 0.1) is 4.47 Å². The minimum Gasteiger partial charge on any atom is -0.346 e. The molecule has 0 fully saturated rings. The van der Waals surface area contributed by atoms with Crippen molar-refractivity contribution in [2.75, 3.05) is 0 Å². The first-order valence-electron chi connectivity index (χ1n) is 5.62. The van der Waals surface area contributed by atoms with Gasteiger partial charge in [-0.3, -0.25) is 0 Å². The van der Waals surface area contributed by atoms with Gasteiger partial charge in [0.1, 0.15) is 10.5 Å². The van der Waals surface area contributed by atoms with Gasteiger partial charge in [-0.15, -0.1) is 0 Å². The van der Waals surface area contributed by atoms with Gasteiger partial charge in [0.25, 0.3) is 0 Å². The smallest absolute Gasteiger partial charge is 0.144 e. The molecule has 2 rings (SSSR count). The van der Waals surface area contributed by atoms with Gasteiger partial charge < -0.3 is 4.98 Å². The third-order valence-electron chi connectivity index (χ3n) is 2.62. The summed E-state index contributed by atoms with van der Waals surface area (Å²) in [7, 11) is 0. The number of rotatable bonds is 3. The van der Waals surface area contributed by atoms with Crippen molar-refractivity contribution >= 4 is 44.1 Å². The average Bonchev–Trinajstić information content (AvgIpc) is 2.36. The number of hydrogen-bond donors (Lipinski definition) is 1. The van der Waals surface area contributed by atoms with Crippen LogP contribution in [0.3, 0.4) is 0 Å². The van der Waals surface area contributed by atoms with E-state index in [-0.39, 0.29) is 0 Å². The zero-order chi connectivity index (χ0) is 13.1. The second-order valence-electron chi connectivity index (χ2n) is 3.94. The van der Waals surface area contributed by atoms with Crippen molar-refractivity contribution in [3.05, 3.63) is 54.9 Å². The summed E-state index contributed by atoms with van der Waals surface area (Å²) in [5.41, 5.74) is 2.31. The topological polar surface area (TPSA) is 28.7 Å². The molecule has 0 bridgehead atoms. The van der Waals surface area contributed by atoms with Crippen LogP contribution in [0.5, 0.6) is 0 Å². The summed E-state index contributed by atoms with van der Waals surface area (Å²) in [6.45, 7) is 2.09. The fraction of sp³-hybridized carbons (Fsp3) is 0.231. The molecule has 0 unspecified atom stereocenters. The molecule has 0 atom stereocenters. The van der Waals surface area contributed by atoms with Gasteiger partial charge in [-0.25, -0.2) is 4.98 Å². The number of H-pyrrole nitrogens is 1. The van der Waals surface area contributed by atoms with Gasteiger partial charge in [0.15, 0.2) is 0 Å². The molecule has 0 aliphatic rings. The third kappa shape index (κ3) is 3.28. The van der Waals surface area contributed by atoms with Gasteiger partial charge in [-0.1, -0.05) is 47.2 Å². The van der Waals surface area contributed by atoms with E-state index in [9.17, 15) is 0 Å². The van der Waals surface area contributed by atoms with Crippen LogP contribution in [0.2, 0.25) is 0 Å². The van der Waals surface area contributed by atoms with Crippen LogP contribution >= 0.6 is 44.1 Å². The summed E-state index contributed by atoms with van der Waals surface area (Å²) < 4.78 is 2.61. The summed E-state index contributed by atoms with van der Waals surface area (Å²) >= 11 is 12.1. The number of nitrogens with zero attached hydrogens (tertiary/aromatic N) is 1. The fourth-order valence-corrected chi connectivity index (χ4v) is 2.65. The van der Waals surface area contributed by atoms with Crippen LogP contribution in [0.4, 0.5) is 0 Å². The van der Waals surface area contributed by atoms with Crippen LogP contribution in [0.1, 0.15) is 24.0 Å². The molecule has 18 heavy (non-hydrogen) atoms. The number of nitrogens with one attached hydrogen (secondary N) is 1. The number of aromatic nitrogens is 2. The molecule has 0 spiro atoms. The predicted octanol–water partition coefficient (Wildman–Crippen LogP) is 4.82. The van der Waals surface area contributed by atoms with Crippen molar-refractivity contribution in [2.45, 2.75) is 19.8 Å². The molecule has 5 heteroatoms. The van der Waals surface area contributed by atoms with Crippen LogP contribution in [-0.4, -0.2) is 9.97 Å². The Kier molecular flexibility index (Phi) is 4.70. The van der Waals surface area contributed by atoms with Gasteiger partial charge in [0.2, 0.25) is 0 Å². The quantitative estimate of drug-likeness (QED) is 0.765. The maximum absolute atomic E-state index is 5.25. The zero-order valence-corrected chi connectivity index (χ0v) is 13.8. The number of hydrogen-bond acceptors (Lipinski definition) is 2. The van der Waals surface area contributed by atoms with E-state index in [2.05, 4.69) is 60.9 Å². The van der Waals surface area contributed by atoms with Crippen LogP contribution in [0, 0.1) is 4.64 Å². The average molecular weight is 388 g/mol. The molecule has 1 aromatic carbocycles. The highest BCUT2D eigenvalue weighted by Gasteiger charge is 2.05. The number of benzene rings is 1. The van der Waals surface area contributed by atoms with Crippen LogP contribution < -0.4 is 0 Å². The zero-order valence-electron chi connectivity index (χ0n) is 9.84. The first kappa shape index (κ1) is 13.9. The molecule has 94 valence electrons. The lowest BCUT2D eigenvalue weighted by Crippen LogP contribution is -2.02. The molecule has 1 heterocycles. The normalized spacial score (nSPS) is 10.6. The van der Waals surface area contributed by atoms with E-state index in [0.29, 0.717) is 4.64 Å². The highest BCUT2D eigenvalue weighted by molar-refractivity contribution is 9.10. The Morgan fingerprint density at radius 3 is 2.50 bits per heavy atom. The number of halogens is 2. The van der Waals surface area contributed by atoms with Crippen molar-refractivity contribution in [2.24, 2.45) is 0 Å². The fourth-order valence-electron chi connectivity index (χ4n) is 1.68. The van der Waals surface area contributed by atoms with E-state index in [1.165, 1.54) is 5.56 Å². The van der Waals surface area contributed by atoms with Crippen molar-refractivity contribution in [3.63, 3.8) is 0 Å². The lowest BCUT2D eigenvalue weighted by Gasteiger charge is -2.07. The molecule has 0 saturated carbocycles. The van der Waals surface area contributed by atoms with Gasteiger partial charge in [0, 0.05) is 16.6 Å². The summed E-state index contributed by atoms with van der Waals surface area (Å²) in [4.78, 5) is 7.73. The van der Waals surface area contributed by atoms with Crippen molar-refractivity contribution < 1.29 is 0 Å². The summed E-state index contributed by atoms with van der Waals surface area (Å²) in [5, 5.41) is 0. The Bertz CT molecular complexity index is 605. The number of aromatic amines is 1. The Hall–Kier alpha value is -0.520. The van der Waals surface area contributed by atoms with E-state index in [1.54, 1.807) is 0 Å². The Morgan fingerprint density at radius 1 is 1.22 bits per heavy atom. The molecule has 0 aliphatic heterocycles. The van der Waals surface area contributed by atoms with Crippen molar-refractivity contribution in [1.29, 1.82) is 0 Å². The maximum Gasteiger partial charge on any atom is 0.144 e. The van der Waals surface area contributed by atoms with E-state index in [4.69, 9.17) is 12.2 Å². The first-order chi connectivity index (χ1) is 8.60. The molecule has 2 nitrogen and oxygen atoms in total. The van der Waals surface area contributed by atoms with Crippen LogP contribution in [0.15, 0.2) is 33.2 Å². The highest BCUT2D eigenvalue weighted by atomic mass is 79.9. The lowest BCUT2D eigenvalue weighted by atomic mass is 10.1. The van der Waals surface area contributed by atoms with E-state index in [0.717, 1.165) is 33.3 Å². The molecular formula is C13H12Br2N2S. The molecule has 1 aromatic heterocycles. The lowest BCUT2D eigenvalue weighted by molar-refractivity contribution is 0.889. The molecule has 1 N–H and O–H groups in total. The first-order valence-corrected chi connectivity index (χ1v) is 7.61. The molecule has 0 radical (unpaired) electrons. The molecular weight excluding hydrogens is 376 g/mol. The molecule has 2 aromatic rings. The SMILES string of the molecule is CCc1[nH]c(Cc2ccc(Br)cc2)nc(=S)c1Br. The minimum absolute atomic E-state index is 0.623. The van der Waals surface area contributed by atoms with Gasteiger partial charge in [-0.2, -0.15) is 0 Å². The second-order valence-corrected chi connectivity index (χ2v) is 6.03. The summed E-state index contributed by atoms with van der Waals surface area (Å²) in [6.07, 6.45) is 1.66. The third-order valence-corrected chi connectivity index (χ3v) is 4.56. The standard InChI is InChI=1S/C13H12Br2N2S/c1-2-10-12(15)13(18)17-11(16-10)7-8-3-5-9(14)6-4-8/h3-6H,2,7H2,1H3,(H,16,17,18). The predicted molar refractivity (Wildman–Crippen MR) is 83.4 cm³/mol. The monoisotopic (exact) mass is 386 g/mol. The minimum atomic E-state index is 0.623.